The molecule has 0 saturated carbocycles. The summed E-state index contributed by atoms with van der Waals surface area (Å²) in [6.07, 6.45) is 4.54. The molecule has 2 heteroatoms. The number of rotatable bonds is 0. The Bertz CT molecular complexity index is 550. The van der Waals surface area contributed by atoms with Crippen LogP contribution in [0.5, 0.6) is 0 Å². The number of ketones is 1. The van der Waals surface area contributed by atoms with Gasteiger partial charge in [-0.15, -0.1) is 0 Å². The molecule has 0 amide bonds. The molecule has 2 aliphatic carbocycles. The Labute approximate surface area is 101 Å². The molecule has 3 rings (SSSR count). The highest BCUT2D eigenvalue weighted by Crippen LogP contribution is 2.41. The van der Waals surface area contributed by atoms with Gasteiger partial charge in [0.1, 0.15) is 5.92 Å². The van der Waals surface area contributed by atoms with Crippen molar-refractivity contribution in [3.8, 4) is 6.07 Å². The maximum atomic E-state index is 11.8. The third-order valence-electron chi connectivity index (χ3n) is 3.85. The van der Waals surface area contributed by atoms with Crippen molar-refractivity contribution in [2.75, 3.05) is 0 Å². The van der Waals surface area contributed by atoms with Crippen molar-refractivity contribution in [2.45, 2.75) is 19.3 Å². The summed E-state index contributed by atoms with van der Waals surface area (Å²) in [5, 5.41) is 8.95. The minimum atomic E-state index is -0.422. The zero-order chi connectivity index (χ0) is 11.8. The Hall–Kier alpha value is -1.88. The van der Waals surface area contributed by atoms with E-state index in [9.17, 15) is 4.79 Å². The zero-order valence-corrected chi connectivity index (χ0v) is 9.52. The fourth-order valence-electron chi connectivity index (χ4n) is 2.94. The SMILES string of the molecule is N#CC1CC2CCc3ccccc3C2=CC1=O. The molecule has 0 heterocycles. The van der Waals surface area contributed by atoms with Crippen LogP contribution >= 0.6 is 0 Å². The Kier molecular flexibility index (Phi) is 2.33. The largest absolute Gasteiger partial charge is 0.293 e. The Morgan fingerprint density at radius 1 is 1.29 bits per heavy atom. The lowest BCUT2D eigenvalue weighted by Gasteiger charge is -2.31. The molecule has 1 aromatic rings. The van der Waals surface area contributed by atoms with Gasteiger partial charge in [0.15, 0.2) is 5.78 Å². The summed E-state index contributed by atoms with van der Waals surface area (Å²) in [4.78, 5) is 11.8. The topological polar surface area (TPSA) is 40.9 Å². The highest BCUT2D eigenvalue weighted by atomic mass is 16.1. The number of carbonyl (C=O) groups excluding carboxylic acids is 1. The summed E-state index contributed by atoms with van der Waals surface area (Å²) >= 11 is 0. The van der Waals surface area contributed by atoms with E-state index in [1.54, 1.807) is 6.08 Å². The molecule has 0 bridgehead atoms. The lowest BCUT2D eigenvalue weighted by Crippen LogP contribution is -2.25. The number of carbonyl (C=O) groups is 1. The summed E-state index contributed by atoms with van der Waals surface area (Å²) in [5.74, 6) is -0.0447. The van der Waals surface area contributed by atoms with Gasteiger partial charge in [0, 0.05) is 0 Å². The first-order valence-corrected chi connectivity index (χ1v) is 6.03. The van der Waals surface area contributed by atoms with Crippen LogP contribution in [0.2, 0.25) is 0 Å². The third-order valence-corrected chi connectivity index (χ3v) is 3.85. The second kappa shape index (κ2) is 3.85. The minimum Gasteiger partial charge on any atom is -0.293 e. The smallest absolute Gasteiger partial charge is 0.173 e. The van der Waals surface area contributed by atoms with Gasteiger partial charge in [-0.05, 0) is 48.0 Å². The van der Waals surface area contributed by atoms with Gasteiger partial charge in [0.05, 0.1) is 6.07 Å². The maximum Gasteiger partial charge on any atom is 0.173 e. The van der Waals surface area contributed by atoms with E-state index in [4.69, 9.17) is 5.26 Å². The molecule has 0 N–H and O–H groups in total. The van der Waals surface area contributed by atoms with E-state index in [2.05, 4.69) is 18.2 Å². The second-order valence-corrected chi connectivity index (χ2v) is 4.81. The van der Waals surface area contributed by atoms with Crippen molar-refractivity contribution in [1.82, 2.24) is 0 Å². The van der Waals surface area contributed by atoms with Gasteiger partial charge < -0.3 is 0 Å². The number of fused-ring (bicyclic) bond motifs is 3. The van der Waals surface area contributed by atoms with Gasteiger partial charge in [-0.1, -0.05) is 24.3 Å². The number of aryl methyl sites for hydroxylation is 1. The molecular formula is C15H13NO. The molecule has 0 saturated heterocycles. The van der Waals surface area contributed by atoms with Crippen molar-refractivity contribution in [3.05, 3.63) is 41.5 Å². The molecule has 17 heavy (non-hydrogen) atoms. The average Bonchev–Trinajstić information content (AvgIpc) is 2.38. The monoisotopic (exact) mass is 223 g/mol. The summed E-state index contributed by atoms with van der Waals surface area (Å²) < 4.78 is 0. The van der Waals surface area contributed by atoms with Gasteiger partial charge in [-0.25, -0.2) is 0 Å². The molecule has 2 nitrogen and oxygen atoms in total. The molecule has 0 radical (unpaired) electrons. The van der Waals surface area contributed by atoms with Crippen LogP contribution in [0.15, 0.2) is 30.3 Å². The summed E-state index contributed by atoms with van der Waals surface area (Å²) in [5.41, 5.74) is 3.70. The van der Waals surface area contributed by atoms with E-state index in [1.165, 1.54) is 11.1 Å². The molecule has 2 aliphatic rings. The zero-order valence-electron chi connectivity index (χ0n) is 9.52. The Balaban J connectivity index is 2.09. The first-order valence-electron chi connectivity index (χ1n) is 6.03. The molecule has 0 aliphatic heterocycles. The number of benzene rings is 1. The summed E-state index contributed by atoms with van der Waals surface area (Å²) in [7, 11) is 0. The number of nitrogens with zero attached hydrogens (tertiary/aromatic N) is 1. The van der Waals surface area contributed by atoms with E-state index >= 15 is 0 Å². The quantitative estimate of drug-likeness (QED) is 0.678. The molecule has 0 fully saturated rings. The van der Waals surface area contributed by atoms with Crippen LogP contribution in [-0.2, 0) is 11.2 Å². The minimum absolute atomic E-state index is 0.0181. The van der Waals surface area contributed by atoms with Gasteiger partial charge in [0.25, 0.3) is 0 Å². The maximum absolute atomic E-state index is 11.8. The standard InChI is InChI=1S/C15H13NO/c16-9-12-7-11-6-5-10-3-1-2-4-13(10)14(11)8-15(12)17/h1-4,8,11-12H,5-7H2. The van der Waals surface area contributed by atoms with Gasteiger partial charge in [-0.3, -0.25) is 4.79 Å². The van der Waals surface area contributed by atoms with Crippen molar-refractivity contribution < 1.29 is 4.79 Å². The van der Waals surface area contributed by atoms with Crippen LogP contribution in [0.1, 0.15) is 24.0 Å². The highest BCUT2D eigenvalue weighted by molar-refractivity contribution is 6.02. The van der Waals surface area contributed by atoms with E-state index in [1.807, 2.05) is 12.1 Å². The predicted molar refractivity (Wildman–Crippen MR) is 65.0 cm³/mol. The second-order valence-electron chi connectivity index (χ2n) is 4.81. The van der Waals surface area contributed by atoms with Gasteiger partial charge in [0.2, 0.25) is 0 Å². The number of hydrogen-bond acceptors (Lipinski definition) is 2. The van der Waals surface area contributed by atoms with Crippen molar-refractivity contribution in [3.63, 3.8) is 0 Å². The summed E-state index contributed by atoms with van der Waals surface area (Å²) in [6.45, 7) is 0. The number of hydrogen-bond donors (Lipinski definition) is 0. The first kappa shape index (κ1) is 10.3. The van der Waals surface area contributed by atoms with E-state index in [0.29, 0.717) is 12.3 Å². The van der Waals surface area contributed by atoms with Crippen LogP contribution < -0.4 is 0 Å². The number of allylic oxidation sites excluding steroid dienone is 2. The lowest BCUT2D eigenvalue weighted by atomic mass is 9.71. The first-order chi connectivity index (χ1) is 8.29. The lowest BCUT2D eigenvalue weighted by molar-refractivity contribution is -0.117. The fraction of sp³-hybridized carbons (Fsp3) is 0.333. The van der Waals surface area contributed by atoms with E-state index < -0.39 is 5.92 Å². The predicted octanol–water partition coefficient (Wildman–Crippen LogP) is 2.74. The van der Waals surface area contributed by atoms with Crippen LogP contribution in [0.3, 0.4) is 0 Å². The molecule has 2 atom stereocenters. The van der Waals surface area contributed by atoms with Crippen LogP contribution in [0.4, 0.5) is 0 Å². The highest BCUT2D eigenvalue weighted by Gasteiger charge is 2.33. The third kappa shape index (κ3) is 1.59. The van der Waals surface area contributed by atoms with Crippen molar-refractivity contribution >= 4 is 11.4 Å². The average molecular weight is 223 g/mol. The molecule has 0 spiro atoms. The molecule has 1 aromatic carbocycles. The van der Waals surface area contributed by atoms with Crippen LogP contribution in [0.25, 0.3) is 5.57 Å². The van der Waals surface area contributed by atoms with E-state index in [-0.39, 0.29) is 5.78 Å². The Morgan fingerprint density at radius 2 is 2.12 bits per heavy atom. The molecule has 2 unspecified atom stereocenters. The molecular weight excluding hydrogens is 210 g/mol. The number of nitriles is 1. The molecule has 84 valence electrons. The fourth-order valence-corrected chi connectivity index (χ4v) is 2.94. The van der Waals surface area contributed by atoms with Gasteiger partial charge in [-0.2, -0.15) is 5.26 Å². The van der Waals surface area contributed by atoms with Crippen molar-refractivity contribution in [1.29, 1.82) is 5.26 Å². The van der Waals surface area contributed by atoms with Crippen LogP contribution in [0, 0.1) is 23.2 Å². The normalized spacial score (nSPS) is 26.5. The van der Waals surface area contributed by atoms with Gasteiger partial charge >= 0.3 is 0 Å². The van der Waals surface area contributed by atoms with E-state index in [0.717, 1.165) is 18.4 Å². The van der Waals surface area contributed by atoms with Crippen molar-refractivity contribution in [2.24, 2.45) is 11.8 Å². The van der Waals surface area contributed by atoms with Crippen LogP contribution in [-0.4, -0.2) is 5.78 Å². The Morgan fingerprint density at radius 3 is 2.94 bits per heavy atom. The molecule has 0 aromatic heterocycles. The summed E-state index contributed by atoms with van der Waals surface area (Å²) in [6, 6.07) is 10.4.